The molecule has 1 aliphatic carbocycles. The highest BCUT2D eigenvalue weighted by Crippen LogP contribution is 2.29. The molecule has 0 unspecified atom stereocenters. The molecule has 1 aliphatic rings. The van der Waals surface area contributed by atoms with Crippen molar-refractivity contribution < 1.29 is 14.0 Å². The molecule has 142 valence electrons. The van der Waals surface area contributed by atoms with Crippen LogP contribution in [0.25, 0.3) is 0 Å². The standard InChI is InChI=1S/C22H25FN2O2/c1-14(2)20(25-21(26)16-10-12-17(23)13-11-16)22(27)24-19-9-5-7-15-6-3-4-8-18(15)19/h3-4,6,8,10-14,19-20H,5,7,9H2,1-2H3,(H,24,27)(H,25,26)/t19-,20-/m0/s1. The molecule has 2 amide bonds. The summed E-state index contributed by atoms with van der Waals surface area (Å²) in [5.41, 5.74) is 2.76. The zero-order valence-electron chi connectivity index (χ0n) is 15.7. The Kier molecular flexibility index (Phi) is 5.89. The van der Waals surface area contributed by atoms with Crippen LogP contribution in [0.4, 0.5) is 4.39 Å². The maximum Gasteiger partial charge on any atom is 0.251 e. The average molecular weight is 368 g/mol. The normalized spacial score (nSPS) is 17.1. The first kappa shape index (κ1) is 19.1. The molecule has 0 heterocycles. The lowest BCUT2D eigenvalue weighted by molar-refractivity contribution is -0.124. The number of nitrogens with one attached hydrogen (secondary N) is 2. The van der Waals surface area contributed by atoms with Crippen molar-refractivity contribution in [2.75, 3.05) is 0 Å². The Balaban J connectivity index is 1.71. The molecular weight excluding hydrogens is 343 g/mol. The van der Waals surface area contributed by atoms with E-state index in [4.69, 9.17) is 0 Å². The molecule has 5 heteroatoms. The molecule has 0 spiro atoms. The number of carbonyl (C=O) groups excluding carboxylic acids is 2. The number of aryl methyl sites for hydroxylation is 1. The number of hydrogen-bond acceptors (Lipinski definition) is 2. The van der Waals surface area contributed by atoms with E-state index in [2.05, 4.69) is 22.8 Å². The lowest BCUT2D eigenvalue weighted by Crippen LogP contribution is -2.50. The van der Waals surface area contributed by atoms with Crippen LogP contribution in [0.3, 0.4) is 0 Å². The van der Waals surface area contributed by atoms with Gasteiger partial charge >= 0.3 is 0 Å². The largest absolute Gasteiger partial charge is 0.347 e. The third-order valence-electron chi connectivity index (χ3n) is 5.03. The summed E-state index contributed by atoms with van der Waals surface area (Å²) in [6, 6.07) is 12.8. The first-order chi connectivity index (χ1) is 13.0. The van der Waals surface area contributed by atoms with Crippen LogP contribution < -0.4 is 10.6 Å². The molecule has 0 fully saturated rings. The lowest BCUT2D eigenvalue weighted by Gasteiger charge is -2.29. The molecule has 0 bridgehead atoms. The highest BCUT2D eigenvalue weighted by molar-refractivity contribution is 5.97. The summed E-state index contributed by atoms with van der Waals surface area (Å²) < 4.78 is 13.1. The number of rotatable bonds is 5. The number of halogens is 1. The van der Waals surface area contributed by atoms with Gasteiger partial charge in [0.25, 0.3) is 5.91 Å². The van der Waals surface area contributed by atoms with Gasteiger partial charge < -0.3 is 10.6 Å². The molecule has 4 nitrogen and oxygen atoms in total. The molecule has 27 heavy (non-hydrogen) atoms. The summed E-state index contributed by atoms with van der Waals surface area (Å²) in [7, 11) is 0. The number of carbonyl (C=O) groups is 2. The molecule has 0 saturated carbocycles. The van der Waals surface area contributed by atoms with E-state index in [1.165, 1.54) is 29.8 Å². The first-order valence-corrected chi connectivity index (χ1v) is 9.40. The van der Waals surface area contributed by atoms with E-state index in [-0.39, 0.29) is 23.8 Å². The van der Waals surface area contributed by atoms with E-state index in [0.29, 0.717) is 5.56 Å². The third kappa shape index (κ3) is 4.54. The molecule has 2 aromatic carbocycles. The number of amides is 2. The average Bonchev–Trinajstić information content (AvgIpc) is 2.66. The van der Waals surface area contributed by atoms with Gasteiger partial charge in [-0.15, -0.1) is 0 Å². The second-order valence-corrected chi connectivity index (χ2v) is 7.35. The minimum Gasteiger partial charge on any atom is -0.347 e. The molecule has 0 aliphatic heterocycles. The van der Waals surface area contributed by atoms with Crippen LogP contribution >= 0.6 is 0 Å². The topological polar surface area (TPSA) is 58.2 Å². The van der Waals surface area contributed by atoms with Gasteiger partial charge in [-0.1, -0.05) is 38.1 Å². The third-order valence-corrected chi connectivity index (χ3v) is 5.03. The molecule has 2 N–H and O–H groups in total. The minimum atomic E-state index is -0.656. The minimum absolute atomic E-state index is 0.0357. The maximum absolute atomic E-state index is 13.1. The van der Waals surface area contributed by atoms with Crippen molar-refractivity contribution in [2.24, 2.45) is 5.92 Å². The summed E-state index contributed by atoms with van der Waals surface area (Å²) in [4.78, 5) is 25.4. The van der Waals surface area contributed by atoms with Crippen LogP contribution in [-0.2, 0) is 11.2 Å². The van der Waals surface area contributed by atoms with Crippen molar-refractivity contribution in [3.8, 4) is 0 Å². The Bertz CT molecular complexity index is 817. The first-order valence-electron chi connectivity index (χ1n) is 9.40. The van der Waals surface area contributed by atoms with Gasteiger partial charge in [0.15, 0.2) is 0 Å². The molecule has 0 saturated heterocycles. The Labute approximate surface area is 159 Å². The van der Waals surface area contributed by atoms with Crippen molar-refractivity contribution >= 4 is 11.8 Å². The van der Waals surface area contributed by atoms with Gasteiger partial charge in [-0.05, 0) is 60.6 Å². The van der Waals surface area contributed by atoms with Gasteiger partial charge in [0.1, 0.15) is 11.9 Å². The quantitative estimate of drug-likeness (QED) is 0.844. The smallest absolute Gasteiger partial charge is 0.251 e. The van der Waals surface area contributed by atoms with E-state index < -0.39 is 11.9 Å². The molecule has 2 atom stereocenters. The van der Waals surface area contributed by atoms with Crippen LogP contribution in [0.15, 0.2) is 48.5 Å². The maximum atomic E-state index is 13.1. The predicted octanol–water partition coefficient (Wildman–Crippen LogP) is 3.77. The summed E-state index contributed by atoms with van der Waals surface area (Å²) in [6.45, 7) is 3.79. The zero-order chi connectivity index (χ0) is 19.4. The molecule has 3 rings (SSSR count). The Morgan fingerprint density at radius 3 is 2.48 bits per heavy atom. The Hall–Kier alpha value is -2.69. The van der Waals surface area contributed by atoms with Gasteiger partial charge in [-0.2, -0.15) is 0 Å². The van der Waals surface area contributed by atoms with Crippen molar-refractivity contribution in [3.05, 3.63) is 71.0 Å². The van der Waals surface area contributed by atoms with Crippen molar-refractivity contribution in [2.45, 2.75) is 45.2 Å². The van der Waals surface area contributed by atoms with Gasteiger partial charge in [0.05, 0.1) is 6.04 Å². The van der Waals surface area contributed by atoms with Gasteiger partial charge in [-0.3, -0.25) is 9.59 Å². The van der Waals surface area contributed by atoms with Gasteiger partial charge in [0.2, 0.25) is 5.91 Å². The molecule has 2 aromatic rings. The van der Waals surface area contributed by atoms with E-state index in [1.54, 1.807) is 0 Å². The summed E-state index contributed by atoms with van der Waals surface area (Å²) in [5, 5.41) is 5.90. The van der Waals surface area contributed by atoms with E-state index in [1.807, 2.05) is 26.0 Å². The van der Waals surface area contributed by atoms with Crippen molar-refractivity contribution in [1.82, 2.24) is 10.6 Å². The van der Waals surface area contributed by atoms with E-state index >= 15 is 0 Å². The summed E-state index contributed by atoms with van der Waals surface area (Å²) >= 11 is 0. The van der Waals surface area contributed by atoms with Crippen LogP contribution in [0.1, 0.15) is 54.2 Å². The molecule has 0 radical (unpaired) electrons. The van der Waals surface area contributed by atoms with Crippen LogP contribution in [0, 0.1) is 11.7 Å². The monoisotopic (exact) mass is 368 g/mol. The van der Waals surface area contributed by atoms with Gasteiger partial charge in [-0.25, -0.2) is 4.39 Å². The van der Waals surface area contributed by atoms with E-state index in [0.717, 1.165) is 24.8 Å². The predicted molar refractivity (Wildman–Crippen MR) is 103 cm³/mol. The Morgan fingerprint density at radius 1 is 1.07 bits per heavy atom. The summed E-state index contributed by atoms with van der Waals surface area (Å²) in [6.07, 6.45) is 2.94. The van der Waals surface area contributed by atoms with Crippen molar-refractivity contribution in [3.63, 3.8) is 0 Å². The van der Waals surface area contributed by atoms with E-state index in [9.17, 15) is 14.0 Å². The second kappa shape index (κ2) is 8.33. The highest BCUT2D eigenvalue weighted by atomic mass is 19.1. The zero-order valence-corrected chi connectivity index (χ0v) is 15.7. The van der Waals surface area contributed by atoms with Crippen LogP contribution in [0.5, 0.6) is 0 Å². The number of fused-ring (bicyclic) bond motifs is 1. The van der Waals surface area contributed by atoms with Crippen LogP contribution in [0.2, 0.25) is 0 Å². The molecular formula is C22H25FN2O2. The summed E-state index contributed by atoms with van der Waals surface area (Å²) in [5.74, 6) is -1.05. The van der Waals surface area contributed by atoms with Gasteiger partial charge in [0, 0.05) is 5.56 Å². The highest BCUT2D eigenvalue weighted by Gasteiger charge is 2.28. The number of benzene rings is 2. The lowest BCUT2D eigenvalue weighted by atomic mass is 9.87. The van der Waals surface area contributed by atoms with Crippen molar-refractivity contribution in [1.29, 1.82) is 0 Å². The fourth-order valence-corrected chi connectivity index (χ4v) is 3.53. The number of hydrogen-bond donors (Lipinski definition) is 2. The fourth-order valence-electron chi connectivity index (χ4n) is 3.53. The fraction of sp³-hybridized carbons (Fsp3) is 0.364. The second-order valence-electron chi connectivity index (χ2n) is 7.35. The SMILES string of the molecule is CC(C)[C@H](NC(=O)c1ccc(F)cc1)C(=O)N[C@H]1CCCc2ccccc21. The van der Waals surface area contributed by atoms with Crippen LogP contribution in [-0.4, -0.2) is 17.9 Å². The molecule has 0 aromatic heterocycles. The Morgan fingerprint density at radius 2 is 1.78 bits per heavy atom.